The summed E-state index contributed by atoms with van der Waals surface area (Å²) >= 11 is 1.69. The van der Waals surface area contributed by atoms with Crippen LogP contribution >= 0.6 is 11.8 Å². The lowest BCUT2D eigenvalue weighted by atomic mass is 10.1. The molecule has 0 spiro atoms. The fourth-order valence-corrected chi connectivity index (χ4v) is 2.87. The molecule has 0 saturated carbocycles. The van der Waals surface area contributed by atoms with E-state index in [2.05, 4.69) is 41.5 Å². The van der Waals surface area contributed by atoms with Gasteiger partial charge >= 0.3 is 0 Å². The lowest BCUT2D eigenvalue weighted by Gasteiger charge is -2.21. The Balaban J connectivity index is 2.02. The van der Waals surface area contributed by atoms with E-state index in [9.17, 15) is 5.11 Å². The summed E-state index contributed by atoms with van der Waals surface area (Å²) in [5.41, 5.74) is 3.35. The Morgan fingerprint density at radius 1 is 1.24 bits per heavy atom. The minimum atomic E-state index is 0.198. The molecule has 1 aromatic carbocycles. The zero-order valence-corrected chi connectivity index (χ0v) is 13.3. The molecule has 0 fully saturated rings. The van der Waals surface area contributed by atoms with Gasteiger partial charge in [0.25, 0.3) is 0 Å². The predicted molar refractivity (Wildman–Crippen MR) is 90.4 cm³/mol. The first-order valence-corrected chi connectivity index (χ1v) is 8.40. The normalized spacial score (nSPS) is 13.9. The van der Waals surface area contributed by atoms with Crippen molar-refractivity contribution < 1.29 is 5.11 Å². The van der Waals surface area contributed by atoms with Gasteiger partial charge in [-0.3, -0.25) is 4.98 Å². The Morgan fingerprint density at radius 3 is 2.76 bits per heavy atom. The molecule has 0 aliphatic heterocycles. The number of hydrogen-bond donors (Lipinski definition) is 2. The summed E-state index contributed by atoms with van der Waals surface area (Å²) in [5, 5.41) is 13.0. The highest BCUT2D eigenvalue weighted by atomic mass is 32.2. The van der Waals surface area contributed by atoms with Crippen LogP contribution in [0.5, 0.6) is 0 Å². The van der Waals surface area contributed by atoms with Crippen LogP contribution in [0.25, 0.3) is 11.3 Å². The van der Waals surface area contributed by atoms with Crippen LogP contribution in [0.2, 0.25) is 0 Å². The predicted octanol–water partition coefficient (Wildman–Crippen LogP) is 2.95. The van der Waals surface area contributed by atoms with Crippen LogP contribution in [0.1, 0.15) is 12.5 Å². The van der Waals surface area contributed by atoms with Crippen molar-refractivity contribution in [3.63, 3.8) is 0 Å². The molecule has 0 amide bonds. The van der Waals surface area contributed by atoms with Crippen LogP contribution < -0.4 is 5.32 Å². The van der Waals surface area contributed by atoms with Crippen molar-refractivity contribution in [2.24, 2.45) is 0 Å². The van der Waals surface area contributed by atoms with Gasteiger partial charge in [0.05, 0.1) is 12.3 Å². The van der Waals surface area contributed by atoms with E-state index in [0.29, 0.717) is 0 Å². The molecule has 2 rings (SSSR count). The third kappa shape index (κ3) is 4.56. The molecule has 4 heteroatoms. The van der Waals surface area contributed by atoms with E-state index in [-0.39, 0.29) is 17.9 Å². The summed E-state index contributed by atoms with van der Waals surface area (Å²) in [7, 11) is 0. The van der Waals surface area contributed by atoms with Gasteiger partial charge in [-0.25, -0.2) is 0 Å². The van der Waals surface area contributed by atoms with Gasteiger partial charge in [-0.15, -0.1) is 0 Å². The molecular formula is C17H22N2OS. The minimum absolute atomic E-state index is 0.198. The number of nitrogens with zero attached hydrogens (tertiary/aromatic N) is 1. The number of rotatable bonds is 7. The van der Waals surface area contributed by atoms with Crippen molar-refractivity contribution in [3.05, 3.63) is 54.2 Å². The second kappa shape index (κ2) is 8.17. The van der Waals surface area contributed by atoms with Crippen LogP contribution in [0.3, 0.4) is 0 Å². The maximum absolute atomic E-state index is 9.32. The number of aliphatic hydroxyl groups is 1. The Hall–Kier alpha value is -1.36. The quantitative estimate of drug-likeness (QED) is 0.825. The van der Waals surface area contributed by atoms with Gasteiger partial charge in [-0.2, -0.15) is 11.8 Å². The molecule has 2 atom stereocenters. The Kier molecular flexibility index (Phi) is 6.23. The number of nitrogens with one attached hydrogen (secondary N) is 1. The molecule has 2 aromatic rings. The summed E-state index contributed by atoms with van der Waals surface area (Å²) in [6, 6.07) is 14.6. The highest BCUT2D eigenvalue weighted by Gasteiger charge is 2.14. The van der Waals surface area contributed by atoms with Crippen molar-refractivity contribution in [3.8, 4) is 11.3 Å². The number of pyridine rings is 1. The van der Waals surface area contributed by atoms with Crippen LogP contribution in [-0.2, 0) is 6.54 Å². The van der Waals surface area contributed by atoms with Crippen molar-refractivity contribution >= 4 is 11.8 Å². The van der Waals surface area contributed by atoms with E-state index in [1.807, 2.05) is 30.7 Å². The molecule has 2 unspecified atom stereocenters. The van der Waals surface area contributed by atoms with E-state index in [1.54, 1.807) is 11.8 Å². The average Bonchev–Trinajstić information content (AvgIpc) is 2.55. The Labute approximate surface area is 130 Å². The largest absolute Gasteiger partial charge is 0.395 e. The molecule has 112 valence electrons. The number of aliphatic hydroxyl groups excluding tert-OH is 1. The zero-order chi connectivity index (χ0) is 15.1. The van der Waals surface area contributed by atoms with Crippen molar-refractivity contribution in [2.45, 2.75) is 24.8 Å². The molecule has 1 heterocycles. The molecule has 21 heavy (non-hydrogen) atoms. The van der Waals surface area contributed by atoms with Gasteiger partial charge in [0.2, 0.25) is 0 Å². The van der Waals surface area contributed by atoms with Crippen LogP contribution in [0.15, 0.2) is 48.7 Å². The van der Waals surface area contributed by atoms with Gasteiger partial charge < -0.3 is 10.4 Å². The summed E-state index contributed by atoms with van der Waals surface area (Å²) in [5.74, 6) is 0. The first-order chi connectivity index (χ1) is 10.2. The number of aromatic nitrogens is 1. The number of benzene rings is 1. The number of hydrogen-bond acceptors (Lipinski definition) is 4. The SMILES string of the molecule is CSC(CO)C(C)NCc1cccc(-c2ccccn2)c1. The molecule has 3 nitrogen and oxygen atoms in total. The van der Waals surface area contributed by atoms with Crippen molar-refractivity contribution in [1.82, 2.24) is 10.3 Å². The monoisotopic (exact) mass is 302 g/mol. The summed E-state index contributed by atoms with van der Waals surface area (Å²) < 4.78 is 0. The van der Waals surface area contributed by atoms with Gasteiger partial charge in [0.1, 0.15) is 0 Å². The topological polar surface area (TPSA) is 45.1 Å². The first kappa shape index (κ1) is 16.0. The average molecular weight is 302 g/mol. The molecular weight excluding hydrogens is 280 g/mol. The maximum Gasteiger partial charge on any atom is 0.0702 e. The highest BCUT2D eigenvalue weighted by molar-refractivity contribution is 7.99. The van der Waals surface area contributed by atoms with Gasteiger partial charge in [-0.05, 0) is 36.9 Å². The van der Waals surface area contributed by atoms with Gasteiger partial charge in [-0.1, -0.05) is 24.3 Å². The maximum atomic E-state index is 9.32. The van der Waals surface area contributed by atoms with Gasteiger partial charge in [0, 0.05) is 29.6 Å². The van der Waals surface area contributed by atoms with Crippen LogP contribution in [-0.4, -0.2) is 34.2 Å². The van der Waals surface area contributed by atoms with E-state index in [1.165, 1.54) is 5.56 Å². The third-order valence-corrected chi connectivity index (χ3v) is 4.72. The molecule has 0 aliphatic carbocycles. The lowest BCUT2D eigenvalue weighted by Crippen LogP contribution is -2.37. The third-order valence-electron chi connectivity index (χ3n) is 3.56. The molecule has 0 aliphatic rings. The first-order valence-electron chi connectivity index (χ1n) is 7.12. The lowest BCUT2D eigenvalue weighted by molar-refractivity contribution is 0.276. The zero-order valence-electron chi connectivity index (χ0n) is 12.5. The summed E-state index contributed by atoms with van der Waals surface area (Å²) in [6.45, 7) is 3.10. The Morgan fingerprint density at radius 2 is 2.10 bits per heavy atom. The standard InChI is InChI=1S/C17H22N2OS/c1-13(17(12-20)21-2)19-11-14-6-5-7-15(10-14)16-8-3-4-9-18-16/h3-10,13,17,19-20H,11-12H2,1-2H3. The summed E-state index contributed by atoms with van der Waals surface area (Å²) in [6.07, 6.45) is 3.84. The smallest absolute Gasteiger partial charge is 0.0702 e. The summed E-state index contributed by atoms with van der Waals surface area (Å²) in [4.78, 5) is 4.38. The molecule has 2 N–H and O–H groups in total. The van der Waals surface area contributed by atoms with Crippen LogP contribution in [0.4, 0.5) is 0 Å². The molecule has 0 bridgehead atoms. The second-order valence-electron chi connectivity index (χ2n) is 5.04. The molecule has 0 radical (unpaired) electrons. The van der Waals surface area contributed by atoms with Crippen molar-refractivity contribution in [2.75, 3.05) is 12.9 Å². The van der Waals surface area contributed by atoms with E-state index in [0.717, 1.165) is 17.8 Å². The molecule has 1 aromatic heterocycles. The van der Waals surface area contributed by atoms with Gasteiger partial charge in [0.15, 0.2) is 0 Å². The second-order valence-corrected chi connectivity index (χ2v) is 6.12. The molecule has 0 saturated heterocycles. The number of thioether (sulfide) groups is 1. The Bertz CT molecular complexity index is 543. The van der Waals surface area contributed by atoms with E-state index >= 15 is 0 Å². The fraction of sp³-hybridized carbons (Fsp3) is 0.353. The fourth-order valence-electron chi connectivity index (χ4n) is 2.22. The minimum Gasteiger partial charge on any atom is -0.395 e. The van der Waals surface area contributed by atoms with E-state index < -0.39 is 0 Å². The van der Waals surface area contributed by atoms with E-state index in [4.69, 9.17) is 0 Å². The van der Waals surface area contributed by atoms with Crippen LogP contribution in [0, 0.1) is 0 Å². The highest BCUT2D eigenvalue weighted by Crippen LogP contribution is 2.18. The van der Waals surface area contributed by atoms with Crippen molar-refractivity contribution in [1.29, 1.82) is 0 Å².